The Morgan fingerprint density at radius 1 is 1.37 bits per heavy atom. The van der Waals surface area contributed by atoms with Crippen LogP contribution in [0.3, 0.4) is 0 Å². The second-order valence-electron chi connectivity index (χ2n) is 5.51. The molecule has 19 heavy (non-hydrogen) atoms. The average molecular weight is 263 g/mol. The van der Waals surface area contributed by atoms with E-state index in [4.69, 9.17) is 0 Å². The summed E-state index contributed by atoms with van der Waals surface area (Å²) in [5.74, 6) is 1.81. The largest absolute Gasteiger partial charge is 0.373 e. The molecule has 5 nitrogen and oxygen atoms in total. The van der Waals surface area contributed by atoms with Crippen molar-refractivity contribution in [2.45, 2.75) is 32.4 Å². The fraction of sp³-hybridized carbons (Fsp3) is 0.714. The van der Waals surface area contributed by atoms with Gasteiger partial charge in [-0.1, -0.05) is 0 Å². The summed E-state index contributed by atoms with van der Waals surface area (Å²) in [5, 5.41) is 3.09. The van der Waals surface area contributed by atoms with E-state index in [1.165, 1.54) is 25.9 Å². The van der Waals surface area contributed by atoms with Gasteiger partial charge in [0.25, 0.3) is 0 Å². The molecule has 0 aliphatic carbocycles. The van der Waals surface area contributed by atoms with E-state index in [2.05, 4.69) is 39.2 Å². The molecule has 2 rings (SSSR count). The molecule has 1 fully saturated rings. The molecule has 0 unspecified atom stereocenters. The van der Waals surface area contributed by atoms with Crippen molar-refractivity contribution in [3.05, 3.63) is 17.6 Å². The monoisotopic (exact) mass is 263 g/mol. The highest BCUT2D eigenvalue weighted by atomic mass is 15.2. The highest BCUT2D eigenvalue weighted by Gasteiger charge is 2.21. The Kier molecular flexibility index (Phi) is 4.71. The van der Waals surface area contributed by atoms with E-state index in [0.717, 1.165) is 23.9 Å². The van der Waals surface area contributed by atoms with Crippen molar-refractivity contribution in [1.82, 2.24) is 19.8 Å². The molecule has 0 saturated carbocycles. The van der Waals surface area contributed by atoms with Gasteiger partial charge in [0.2, 0.25) is 0 Å². The zero-order valence-electron chi connectivity index (χ0n) is 12.5. The Labute approximate surface area is 116 Å². The van der Waals surface area contributed by atoms with Crippen molar-refractivity contribution >= 4 is 5.82 Å². The first-order valence-corrected chi connectivity index (χ1v) is 6.99. The quantitative estimate of drug-likeness (QED) is 0.888. The van der Waals surface area contributed by atoms with Gasteiger partial charge >= 0.3 is 0 Å². The van der Waals surface area contributed by atoms with E-state index in [9.17, 15) is 0 Å². The molecule has 1 N–H and O–H groups in total. The summed E-state index contributed by atoms with van der Waals surface area (Å²) in [6.07, 6.45) is 2.47. The van der Waals surface area contributed by atoms with E-state index in [-0.39, 0.29) is 0 Å². The zero-order chi connectivity index (χ0) is 13.8. The van der Waals surface area contributed by atoms with Crippen molar-refractivity contribution in [2.75, 3.05) is 39.5 Å². The maximum atomic E-state index is 4.53. The van der Waals surface area contributed by atoms with E-state index >= 15 is 0 Å². The number of hydrogen-bond donors (Lipinski definition) is 1. The Bertz CT molecular complexity index is 412. The van der Waals surface area contributed by atoms with E-state index in [0.29, 0.717) is 6.04 Å². The third-order valence-electron chi connectivity index (χ3n) is 3.86. The maximum Gasteiger partial charge on any atom is 0.144 e. The summed E-state index contributed by atoms with van der Waals surface area (Å²) in [6, 6.07) is 2.62. The lowest BCUT2D eigenvalue weighted by molar-refractivity contribution is 0.137. The van der Waals surface area contributed by atoms with Crippen molar-refractivity contribution in [3.8, 4) is 0 Å². The van der Waals surface area contributed by atoms with Crippen molar-refractivity contribution in [3.63, 3.8) is 0 Å². The Hall–Kier alpha value is -1.20. The van der Waals surface area contributed by atoms with Crippen molar-refractivity contribution in [2.24, 2.45) is 0 Å². The molecule has 0 spiro atoms. The number of anilines is 1. The van der Waals surface area contributed by atoms with E-state index in [1.54, 1.807) is 0 Å². The van der Waals surface area contributed by atoms with Gasteiger partial charge in [-0.25, -0.2) is 9.97 Å². The van der Waals surface area contributed by atoms with Crippen LogP contribution in [0.15, 0.2) is 6.07 Å². The SMILES string of the molecule is CNc1cc(C)nc(CN(C)C2CCN(C)CC2)n1. The van der Waals surface area contributed by atoms with Crippen LogP contribution < -0.4 is 5.32 Å². The lowest BCUT2D eigenvalue weighted by atomic mass is 10.0. The second-order valence-corrected chi connectivity index (χ2v) is 5.51. The molecule has 1 saturated heterocycles. The summed E-state index contributed by atoms with van der Waals surface area (Å²) in [4.78, 5) is 13.8. The van der Waals surface area contributed by atoms with Crippen LogP contribution in [0.4, 0.5) is 5.82 Å². The third-order valence-corrected chi connectivity index (χ3v) is 3.86. The van der Waals surface area contributed by atoms with Crippen LogP contribution in [0, 0.1) is 6.92 Å². The molecule has 1 aromatic heterocycles. The number of nitrogens with one attached hydrogen (secondary N) is 1. The van der Waals surface area contributed by atoms with Crippen LogP contribution in [0.5, 0.6) is 0 Å². The minimum Gasteiger partial charge on any atom is -0.373 e. The van der Waals surface area contributed by atoms with Crippen LogP contribution in [-0.4, -0.2) is 60.0 Å². The number of likely N-dealkylation sites (tertiary alicyclic amines) is 1. The van der Waals surface area contributed by atoms with Crippen LogP contribution >= 0.6 is 0 Å². The summed E-state index contributed by atoms with van der Waals surface area (Å²) >= 11 is 0. The van der Waals surface area contributed by atoms with Gasteiger partial charge < -0.3 is 10.2 Å². The normalized spacial score (nSPS) is 17.9. The van der Waals surface area contributed by atoms with Crippen LogP contribution in [0.1, 0.15) is 24.4 Å². The molecule has 1 aliphatic heterocycles. The minimum atomic E-state index is 0.651. The van der Waals surface area contributed by atoms with Gasteiger partial charge in [-0.15, -0.1) is 0 Å². The van der Waals surface area contributed by atoms with E-state index in [1.807, 2.05) is 20.0 Å². The van der Waals surface area contributed by atoms with Gasteiger partial charge in [-0.2, -0.15) is 0 Å². The first kappa shape index (κ1) is 14.2. The predicted molar refractivity (Wildman–Crippen MR) is 78.3 cm³/mol. The summed E-state index contributed by atoms with van der Waals surface area (Å²) in [7, 11) is 6.27. The average Bonchev–Trinajstić information content (AvgIpc) is 2.38. The van der Waals surface area contributed by atoms with Gasteiger partial charge in [0.1, 0.15) is 11.6 Å². The summed E-state index contributed by atoms with van der Waals surface area (Å²) in [5.41, 5.74) is 1.02. The standard InChI is InChI=1S/C14H25N5/c1-11-9-13(15-2)17-14(16-11)10-19(4)12-5-7-18(3)8-6-12/h9,12H,5-8,10H2,1-4H3,(H,15,16,17). The smallest absolute Gasteiger partial charge is 0.144 e. The maximum absolute atomic E-state index is 4.53. The Morgan fingerprint density at radius 3 is 2.68 bits per heavy atom. The van der Waals surface area contributed by atoms with Gasteiger partial charge in [-0.3, -0.25) is 4.90 Å². The molecular formula is C14H25N5. The second kappa shape index (κ2) is 6.30. The number of aromatic nitrogens is 2. The molecule has 5 heteroatoms. The molecule has 0 aromatic carbocycles. The molecule has 0 atom stereocenters. The van der Waals surface area contributed by atoms with Crippen molar-refractivity contribution in [1.29, 1.82) is 0 Å². The predicted octanol–water partition coefficient (Wildman–Crippen LogP) is 1.35. The number of piperidine rings is 1. The van der Waals surface area contributed by atoms with Crippen LogP contribution in [0.2, 0.25) is 0 Å². The first-order valence-electron chi connectivity index (χ1n) is 6.99. The summed E-state index contributed by atoms with van der Waals surface area (Å²) < 4.78 is 0. The lowest BCUT2D eigenvalue weighted by Crippen LogP contribution is -2.41. The summed E-state index contributed by atoms with van der Waals surface area (Å²) in [6.45, 7) is 5.21. The molecular weight excluding hydrogens is 238 g/mol. The highest BCUT2D eigenvalue weighted by molar-refractivity contribution is 5.34. The highest BCUT2D eigenvalue weighted by Crippen LogP contribution is 2.16. The van der Waals surface area contributed by atoms with Crippen molar-refractivity contribution < 1.29 is 0 Å². The fourth-order valence-electron chi connectivity index (χ4n) is 2.62. The molecule has 1 aliphatic rings. The molecule has 0 radical (unpaired) electrons. The molecule has 0 bridgehead atoms. The molecule has 0 amide bonds. The fourth-order valence-corrected chi connectivity index (χ4v) is 2.62. The first-order chi connectivity index (χ1) is 9.08. The number of hydrogen-bond acceptors (Lipinski definition) is 5. The number of nitrogens with zero attached hydrogens (tertiary/aromatic N) is 4. The molecule has 1 aromatic rings. The van der Waals surface area contributed by atoms with Gasteiger partial charge in [-0.05, 0) is 47.0 Å². The zero-order valence-corrected chi connectivity index (χ0v) is 12.5. The number of aryl methyl sites for hydroxylation is 1. The topological polar surface area (TPSA) is 44.3 Å². The van der Waals surface area contributed by atoms with Crippen LogP contribution in [0.25, 0.3) is 0 Å². The lowest BCUT2D eigenvalue weighted by Gasteiger charge is -2.34. The molecule has 106 valence electrons. The third kappa shape index (κ3) is 3.88. The van der Waals surface area contributed by atoms with Gasteiger partial charge in [0.15, 0.2) is 0 Å². The number of rotatable bonds is 4. The van der Waals surface area contributed by atoms with Gasteiger partial charge in [0, 0.05) is 24.8 Å². The van der Waals surface area contributed by atoms with Gasteiger partial charge in [0.05, 0.1) is 6.54 Å². The Morgan fingerprint density at radius 2 is 2.05 bits per heavy atom. The van der Waals surface area contributed by atoms with Crippen LogP contribution in [-0.2, 0) is 6.54 Å². The minimum absolute atomic E-state index is 0.651. The Balaban J connectivity index is 1.98. The molecule has 2 heterocycles. The van der Waals surface area contributed by atoms with E-state index < -0.39 is 0 Å².